The maximum atomic E-state index is 12.6. The van der Waals surface area contributed by atoms with Crippen molar-refractivity contribution in [2.24, 2.45) is 0 Å². The molecular weight excluding hydrogens is 332 g/mol. The molecule has 1 amide bonds. The Kier molecular flexibility index (Phi) is 4.32. The Balaban J connectivity index is 1.48. The minimum absolute atomic E-state index is 0.0885. The molecule has 0 aromatic carbocycles. The molecule has 0 saturated carbocycles. The first-order valence-electron chi connectivity index (χ1n) is 9.28. The second-order valence-electron chi connectivity index (χ2n) is 7.56. The number of likely N-dealkylation sites (N-methyl/N-ethyl adjacent to an activating group) is 1. The average Bonchev–Trinajstić information content (AvgIpc) is 2.94. The number of piperidine rings is 1. The number of hydrogen-bond acceptors (Lipinski definition) is 5. The van der Waals surface area contributed by atoms with Gasteiger partial charge in [0.15, 0.2) is 5.65 Å². The number of amides is 1. The molecule has 140 valence electrons. The van der Waals surface area contributed by atoms with Crippen LogP contribution in [0.5, 0.6) is 0 Å². The number of aryl methyl sites for hydroxylation is 1. The molecule has 0 radical (unpaired) electrons. The molecule has 0 aliphatic carbocycles. The molecule has 2 aliphatic rings. The second kappa shape index (κ2) is 6.51. The lowest BCUT2D eigenvalue weighted by atomic mass is 9.85. The monoisotopic (exact) mass is 358 g/mol. The van der Waals surface area contributed by atoms with Crippen LogP contribution in [0.3, 0.4) is 0 Å². The van der Waals surface area contributed by atoms with E-state index in [9.17, 15) is 9.59 Å². The van der Waals surface area contributed by atoms with E-state index in [4.69, 9.17) is 0 Å². The van der Waals surface area contributed by atoms with E-state index < -0.39 is 0 Å². The summed E-state index contributed by atoms with van der Waals surface area (Å²) < 4.78 is 1.47. The van der Waals surface area contributed by atoms with Gasteiger partial charge in [0.25, 0.3) is 5.56 Å². The zero-order chi connectivity index (χ0) is 18.3. The number of rotatable bonds is 2. The number of carbonyl (C=O) groups is 1. The molecule has 26 heavy (non-hydrogen) atoms. The lowest BCUT2D eigenvalue weighted by Gasteiger charge is -2.44. The van der Waals surface area contributed by atoms with Gasteiger partial charge in [0.1, 0.15) is 5.54 Å². The first-order chi connectivity index (χ1) is 12.5. The first kappa shape index (κ1) is 17.2. The van der Waals surface area contributed by atoms with Crippen molar-refractivity contribution in [1.82, 2.24) is 29.7 Å². The Morgan fingerprint density at radius 2 is 1.96 bits per heavy atom. The number of aromatic amines is 1. The molecule has 8 heteroatoms. The fraction of sp³-hybridized carbons (Fsp3) is 0.611. The van der Waals surface area contributed by atoms with Crippen LogP contribution in [0.2, 0.25) is 0 Å². The Bertz CT molecular complexity index is 877. The fourth-order valence-corrected chi connectivity index (χ4v) is 4.23. The summed E-state index contributed by atoms with van der Waals surface area (Å²) in [6.45, 7) is 5.90. The summed E-state index contributed by atoms with van der Waals surface area (Å²) in [6, 6.07) is 3.47. The van der Waals surface area contributed by atoms with Crippen LogP contribution in [-0.2, 0) is 11.3 Å². The van der Waals surface area contributed by atoms with Crippen LogP contribution < -0.4 is 10.9 Å². The van der Waals surface area contributed by atoms with Crippen LogP contribution >= 0.6 is 0 Å². The fourth-order valence-electron chi connectivity index (χ4n) is 4.23. The highest BCUT2D eigenvalue weighted by Gasteiger charge is 2.45. The summed E-state index contributed by atoms with van der Waals surface area (Å²) in [7, 11) is 2.06. The lowest BCUT2D eigenvalue weighted by Crippen LogP contribution is -2.60. The third-order valence-corrected chi connectivity index (χ3v) is 5.81. The summed E-state index contributed by atoms with van der Waals surface area (Å²) in [5, 5.41) is 6.06. The number of likely N-dealkylation sites (tertiary alicyclic amines) is 1. The van der Waals surface area contributed by atoms with Gasteiger partial charge in [0, 0.05) is 50.6 Å². The minimum atomic E-state index is -0.387. The topological polar surface area (TPSA) is 85.7 Å². The molecule has 0 atom stereocenters. The minimum Gasteiger partial charge on any atom is -0.354 e. The zero-order valence-electron chi connectivity index (χ0n) is 15.4. The molecule has 2 fully saturated rings. The molecule has 2 aromatic heterocycles. The van der Waals surface area contributed by atoms with Gasteiger partial charge in [-0.25, -0.2) is 9.50 Å². The summed E-state index contributed by atoms with van der Waals surface area (Å²) >= 11 is 0. The van der Waals surface area contributed by atoms with Gasteiger partial charge in [-0.05, 0) is 33.2 Å². The molecule has 8 nitrogen and oxygen atoms in total. The standard InChI is InChI=1S/C18H26N6O2/c1-13-10-15-20-14(11-16(25)24(15)21-13)12-23-8-4-18(5-9-23)17(26)19-6-3-7-22(18)2/h10-11,21H,3-9,12H2,1-2H3,(H,19,26). The first-order valence-corrected chi connectivity index (χ1v) is 9.28. The van der Waals surface area contributed by atoms with E-state index in [0.29, 0.717) is 12.2 Å². The Labute approximate surface area is 152 Å². The smallest absolute Gasteiger partial charge is 0.272 e. The van der Waals surface area contributed by atoms with Crippen LogP contribution in [0.25, 0.3) is 5.65 Å². The van der Waals surface area contributed by atoms with Gasteiger partial charge < -0.3 is 5.32 Å². The Morgan fingerprint density at radius 3 is 2.73 bits per heavy atom. The molecule has 4 heterocycles. The summed E-state index contributed by atoms with van der Waals surface area (Å²) in [4.78, 5) is 34.0. The number of nitrogens with one attached hydrogen (secondary N) is 2. The van der Waals surface area contributed by atoms with Gasteiger partial charge >= 0.3 is 0 Å². The van der Waals surface area contributed by atoms with E-state index in [2.05, 4.69) is 32.2 Å². The number of nitrogens with zero attached hydrogens (tertiary/aromatic N) is 4. The van der Waals surface area contributed by atoms with Crippen LogP contribution in [0.15, 0.2) is 16.9 Å². The molecule has 2 aromatic rings. The van der Waals surface area contributed by atoms with E-state index in [-0.39, 0.29) is 17.0 Å². The molecule has 0 unspecified atom stereocenters. The summed E-state index contributed by atoms with van der Waals surface area (Å²) in [5.41, 5.74) is 1.87. The quantitative estimate of drug-likeness (QED) is 0.796. The van der Waals surface area contributed by atoms with Crippen molar-refractivity contribution in [2.45, 2.75) is 38.3 Å². The van der Waals surface area contributed by atoms with Crippen molar-refractivity contribution in [3.05, 3.63) is 33.9 Å². The largest absolute Gasteiger partial charge is 0.354 e. The van der Waals surface area contributed by atoms with E-state index in [1.165, 1.54) is 4.52 Å². The van der Waals surface area contributed by atoms with Gasteiger partial charge in [-0.2, -0.15) is 0 Å². The van der Waals surface area contributed by atoms with Crippen molar-refractivity contribution in [2.75, 3.05) is 33.2 Å². The van der Waals surface area contributed by atoms with Crippen molar-refractivity contribution >= 4 is 11.6 Å². The summed E-state index contributed by atoms with van der Waals surface area (Å²) in [6.07, 6.45) is 2.61. The third kappa shape index (κ3) is 2.93. The van der Waals surface area contributed by atoms with Crippen molar-refractivity contribution in [3.63, 3.8) is 0 Å². The number of aromatic nitrogens is 3. The molecular formula is C18H26N6O2. The normalized spacial score (nSPS) is 21.8. The molecule has 2 saturated heterocycles. The molecule has 1 spiro atoms. The van der Waals surface area contributed by atoms with Crippen LogP contribution in [0, 0.1) is 6.92 Å². The van der Waals surface area contributed by atoms with E-state index in [1.54, 1.807) is 6.07 Å². The lowest BCUT2D eigenvalue weighted by molar-refractivity contribution is -0.134. The van der Waals surface area contributed by atoms with Crippen molar-refractivity contribution < 1.29 is 4.79 Å². The number of carbonyl (C=O) groups excluding carboxylic acids is 1. The van der Waals surface area contributed by atoms with E-state index in [0.717, 1.165) is 56.8 Å². The van der Waals surface area contributed by atoms with Gasteiger partial charge in [0.05, 0.1) is 5.69 Å². The summed E-state index contributed by atoms with van der Waals surface area (Å²) in [5.74, 6) is 0.165. The average molecular weight is 358 g/mol. The maximum Gasteiger partial charge on any atom is 0.272 e. The highest BCUT2D eigenvalue weighted by molar-refractivity contribution is 5.86. The maximum absolute atomic E-state index is 12.6. The number of hydrogen-bond donors (Lipinski definition) is 2. The van der Waals surface area contributed by atoms with Gasteiger partial charge in [-0.1, -0.05) is 0 Å². The van der Waals surface area contributed by atoms with Crippen LogP contribution in [0.4, 0.5) is 0 Å². The van der Waals surface area contributed by atoms with Gasteiger partial charge in [-0.15, -0.1) is 0 Å². The Hall–Kier alpha value is -2.19. The molecule has 0 bridgehead atoms. The van der Waals surface area contributed by atoms with E-state index >= 15 is 0 Å². The second-order valence-corrected chi connectivity index (χ2v) is 7.56. The van der Waals surface area contributed by atoms with Gasteiger partial charge in [-0.3, -0.25) is 24.5 Å². The highest BCUT2D eigenvalue weighted by atomic mass is 16.2. The molecule has 4 rings (SSSR count). The van der Waals surface area contributed by atoms with Crippen LogP contribution in [-0.4, -0.2) is 69.1 Å². The van der Waals surface area contributed by atoms with E-state index in [1.807, 2.05) is 13.0 Å². The van der Waals surface area contributed by atoms with Crippen molar-refractivity contribution in [1.29, 1.82) is 0 Å². The number of H-pyrrole nitrogens is 1. The molecule has 2 N–H and O–H groups in total. The predicted octanol–water partition coefficient (Wildman–Crippen LogP) is 0.117. The highest BCUT2D eigenvalue weighted by Crippen LogP contribution is 2.30. The SMILES string of the molecule is Cc1cc2nc(CN3CCC4(CC3)C(=O)NCCCN4C)cc(=O)n2[nH]1. The van der Waals surface area contributed by atoms with Crippen molar-refractivity contribution in [3.8, 4) is 0 Å². The van der Waals surface area contributed by atoms with Gasteiger partial charge in [0.2, 0.25) is 5.91 Å². The van der Waals surface area contributed by atoms with Crippen LogP contribution in [0.1, 0.15) is 30.7 Å². The molecule has 2 aliphatic heterocycles. The third-order valence-electron chi connectivity index (χ3n) is 5.81. The Morgan fingerprint density at radius 1 is 1.19 bits per heavy atom. The zero-order valence-corrected chi connectivity index (χ0v) is 15.4. The number of fused-ring (bicyclic) bond motifs is 1. The predicted molar refractivity (Wildman–Crippen MR) is 98.0 cm³/mol.